The van der Waals surface area contributed by atoms with Gasteiger partial charge in [0.25, 0.3) is 0 Å². The van der Waals surface area contributed by atoms with Crippen LogP contribution in [-0.4, -0.2) is 37.0 Å². The molecule has 0 atom stereocenters. The summed E-state index contributed by atoms with van der Waals surface area (Å²) < 4.78 is 0. The van der Waals surface area contributed by atoms with Crippen LogP contribution in [0, 0.1) is 0 Å². The molecule has 1 aromatic rings. The van der Waals surface area contributed by atoms with Gasteiger partial charge in [-0.2, -0.15) is 0 Å². The molecule has 0 amide bonds. The maximum Gasteiger partial charge on any atom is 0.0842 e. The van der Waals surface area contributed by atoms with Gasteiger partial charge in [-0.1, -0.05) is 65.8 Å². The topological polar surface area (TPSA) is 0 Å². The van der Waals surface area contributed by atoms with E-state index in [0.29, 0.717) is 0 Å². The van der Waals surface area contributed by atoms with Gasteiger partial charge in [-0.25, -0.2) is 0 Å². The molecule has 0 saturated heterocycles. The van der Waals surface area contributed by atoms with Crippen molar-refractivity contribution in [3.8, 4) is 0 Å². The molecule has 0 nitrogen and oxygen atoms in total. The third kappa shape index (κ3) is 8.44. The van der Waals surface area contributed by atoms with Gasteiger partial charge in [0, 0.05) is 14.5 Å². The molecule has 2 heteroatoms. The van der Waals surface area contributed by atoms with Gasteiger partial charge in [0.15, 0.2) is 0 Å². The number of benzene rings is 1. The van der Waals surface area contributed by atoms with E-state index in [0.717, 1.165) is 0 Å². The lowest BCUT2D eigenvalue weighted by Gasteiger charge is -2.28. The predicted molar refractivity (Wildman–Crippen MR) is 139 cm³/mol. The molecule has 0 saturated carbocycles. The van der Waals surface area contributed by atoms with Crippen molar-refractivity contribution < 1.29 is 0 Å². The minimum Gasteiger partial charge on any atom is -0.0619 e. The Morgan fingerprint density at radius 3 is 0.821 bits per heavy atom. The van der Waals surface area contributed by atoms with Gasteiger partial charge in [-0.05, 0) is 49.7 Å². The zero-order chi connectivity index (χ0) is 20.9. The molecule has 1 rings (SSSR count). The van der Waals surface area contributed by atoms with E-state index in [1.165, 1.54) is 87.8 Å². The van der Waals surface area contributed by atoms with Gasteiger partial charge in [0.2, 0.25) is 0 Å². The molecule has 0 fully saturated rings. The molecule has 0 bridgehead atoms. The van der Waals surface area contributed by atoms with E-state index < -0.39 is 14.5 Å². The van der Waals surface area contributed by atoms with E-state index in [1.807, 2.05) is 0 Å². The molecular formula is C26H50P2+2. The third-order valence-corrected chi connectivity index (χ3v) is 16.7. The first-order valence-corrected chi connectivity index (χ1v) is 17.4. The quantitative estimate of drug-likeness (QED) is 0.232. The highest BCUT2D eigenvalue weighted by Crippen LogP contribution is 2.64. The normalized spacial score (nSPS) is 12.5. The minimum absolute atomic E-state index is 0.799. The van der Waals surface area contributed by atoms with Gasteiger partial charge >= 0.3 is 0 Å². The number of rotatable bonds is 16. The third-order valence-electron chi connectivity index (χ3n) is 6.25. The Morgan fingerprint density at radius 2 is 0.643 bits per heavy atom. The standard InChI is InChI=1S/C26H50P2/c1-7-17-27(18-8-2,19-9-3)23-25-13-15-26(16-14-25)24-28(20-10-4,21-11-5)22-12-6/h13-16H,7-12,17-24H2,1-6H3/q+2. The highest BCUT2D eigenvalue weighted by molar-refractivity contribution is 7.75. The lowest BCUT2D eigenvalue weighted by atomic mass is 10.2. The molecule has 0 aromatic heterocycles. The molecule has 0 heterocycles. The second-order valence-corrected chi connectivity index (χ2v) is 17.8. The Hall–Kier alpha value is 0.0800. The molecule has 28 heavy (non-hydrogen) atoms. The van der Waals surface area contributed by atoms with Crippen molar-refractivity contribution in [2.75, 3.05) is 37.0 Å². The molecule has 0 spiro atoms. The summed E-state index contributed by atoms with van der Waals surface area (Å²) in [7, 11) is -1.60. The van der Waals surface area contributed by atoms with Crippen LogP contribution in [0.15, 0.2) is 24.3 Å². The summed E-state index contributed by atoms with van der Waals surface area (Å²) in [5, 5.41) is 0. The average Bonchev–Trinajstić information content (AvgIpc) is 2.65. The fraction of sp³-hybridized carbons (Fsp3) is 0.769. The van der Waals surface area contributed by atoms with E-state index in [4.69, 9.17) is 0 Å². The van der Waals surface area contributed by atoms with Crippen LogP contribution >= 0.6 is 14.5 Å². The molecule has 0 aliphatic heterocycles. The van der Waals surface area contributed by atoms with Crippen molar-refractivity contribution in [1.29, 1.82) is 0 Å². The summed E-state index contributed by atoms with van der Waals surface area (Å²) in [6.07, 6.45) is 19.9. The van der Waals surface area contributed by atoms with Crippen LogP contribution in [0.25, 0.3) is 0 Å². The summed E-state index contributed by atoms with van der Waals surface area (Å²) in [6.45, 7) is 14.3. The van der Waals surface area contributed by atoms with Gasteiger partial charge in [-0.15, -0.1) is 0 Å². The van der Waals surface area contributed by atoms with Gasteiger partial charge in [0.05, 0.1) is 49.3 Å². The Labute approximate surface area is 179 Å². The second-order valence-electron chi connectivity index (χ2n) is 9.16. The largest absolute Gasteiger partial charge is 0.0842 e. The smallest absolute Gasteiger partial charge is 0.0619 e. The molecule has 0 radical (unpaired) electrons. The lowest BCUT2D eigenvalue weighted by molar-refractivity contribution is 0.981. The van der Waals surface area contributed by atoms with Crippen molar-refractivity contribution in [3.63, 3.8) is 0 Å². The maximum atomic E-state index is 2.50. The van der Waals surface area contributed by atoms with Crippen LogP contribution in [0.5, 0.6) is 0 Å². The van der Waals surface area contributed by atoms with Crippen molar-refractivity contribution in [2.24, 2.45) is 0 Å². The van der Waals surface area contributed by atoms with Crippen molar-refractivity contribution in [1.82, 2.24) is 0 Å². The van der Waals surface area contributed by atoms with E-state index in [1.54, 1.807) is 11.1 Å². The van der Waals surface area contributed by atoms with Crippen molar-refractivity contribution in [2.45, 2.75) is 92.4 Å². The molecule has 0 unspecified atom stereocenters. The van der Waals surface area contributed by atoms with Crippen LogP contribution in [0.3, 0.4) is 0 Å². The molecule has 0 aliphatic rings. The first kappa shape index (κ1) is 26.1. The monoisotopic (exact) mass is 424 g/mol. The number of hydrogen-bond acceptors (Lipinski definition) is 0. The van der Waals surface area contributed by atoms with Crippen LogP contribution in [0.1, 0.15) is 91.2 Å². The minimum atomic E-state index is -0.799. The highest BCUT2D eigenvalue weighted by atomic mass is 31.2. The van der Waals surface area contributed by atoms with Crippen LogP contribution < -0.4 is 0 Å². The highest BCUT2D eigenvalue weighted by Gasteiger charge is 2.36. The van der Waals surface area contributed by atoms with Gasteiger partial charge in [-0.3, -0.25) is 0 Å². The van der Waals surface area contributed by atoms with E-state index in [-0.39, 0.29) is 0 Å². The number of hydrogen-bond donors (Lipinski definition) is 0. The maximum absolute atomic E-state index is 2.50. The van der Waals surface area contributed by atoms with Gasteiger partial charge in [0.1, 0.15) is 0 Å². The second kappa shape index (κ2) is 14.1. The first-order valence-electron chi connectivity index (χ1n) is 12.3. The summed E-state index contributed by atoms with van der Waals surface area (Å²) >= 11 is 0. The van der Waals surface area contributed by atoms with Crippen molar-refractivity contribution in [3.05, 3.63) is 35.4 Å². The zero-order valence-electron chi connectivity index (χ0n) is 20.1. The Balaban J connectivity index is 2.95. The Morgan fingerprint density at radius 1 is 0.429 bits per heavy atom. The Kier molecular flexibility index (Phi) is 13.2. The zero-order valence-corrected chi connectivity index (χ0v) is 21.9. The lowest BCUT2D eigenvalue weighted by Crippen LogP contribution is -2.11. The Bertz CT molecular complexity index is 425. The molecule has 162 valence electrons. The van der Waals surface area contributed by atoms with Crippen molar-refractivity contribution >= 4 is 14.5 Å². The van der Waals surface area contributed by atoms with Crippen LogP contribution in [0.2, 0.25) is 0 Å². The summed E-state index contributed by atoms with van der Waals surface area (Å²) in [6, 6.07) is 10.0. The van der Waals surface area contributed by atoms with E-state index >= 15 is 0 Å². The van der Waals surface area contributed by atoms with Gasteiger partial charge < -0.3 is 0 Å². The summed E-state index contributed by atoms with van der Waals surface area (Å²) in [5.74, 6) is 0. The fourth-order valence-electron chi connectivity index (χ4n) is 5.52. The van der Waals surface area contributed by atoms with Crippen LogP contribution in [-0.2, 0) is 12.3 Å². The molecular weight excluding hydrogens is 374 g/mol. The summed E-state index contributed by atoms with van der Waals surface area (Å²) in [4.78, 5) is 0. The molecule has 0 aliphatic carbocycles. The fourth-order valence-corrected chi connectivity index (χ4v) is 15.5. The molecule has 1 aromatic carbocycles. The summed E-state index contributed by atoms with van der Waals surface area (Å²) in [5.41, 5.74) is 3.25. The van der Waals surface area contributed by atoms with Crippen LogP contribution in [0.4, 0.5) is 0 Å². The van der Waals surface area contributed by atoms with E-state index in [2.05, 4.69) is 65.8 Å². The average molecular weight is 425 g/mol. The molecule has 0 N–H and O–H groups in total. The predicted octanol–water partition coefficient (Wildman–Crippen LogP) is 9.18. The first-order chi connectivity index (χ1) is 13.5. The van der Waals surface area contributed by atoms with E-state index in [9.17, 15) is 0 Å². The SMILES string of the molecule is CCC[P+](CCC)(CCC)Cc1ccc(C[P+](CCC)(CCC)CCC)cc1.